The first-order chi connectivity index (χ1) is 8.24. The lowest BCUT2D eigenvalue weighted by Crippen LogP contribution is -2.38. The van der Waals surface area contributed by atoms with Crippen molar-refractivity contribution >= 4 is 23.2 Å². The average molecular weight is 270 g/mol. The highest BCUT2D eigenvalue weighted by atomic mass is 35.5. The number of benzene rings is 1. The molecule has 3 heteroatoms. The molecule has 92 valence electrons. The molecule has 0 radical (unpaired) electrons. The van der Waals surface area contributed by atoms with E-state index in [1.54, 1.807) is 0 Å². The van der Waals surface area contributed by atoms with Gasteiger partial charge in [0.05, 0.1) is 10.0 Å². The van der Waals surface area contributed by atoms with Crippen molar-refractivity contribution in [2.24, 2.45) is 0 Å². The van der Waals surface area contributed by atoms with Crippen molar-refractivity contribution in [3.8, 4) is 0 Å². The third kappa shape index (κ3) is 2.33. The highest BCUT2D eigenvalue weighted by Gasteiger charge is 2.35. The van der Waals surface area contributed by atoms with Gasteiger partial charge in [0.15, 0.2) is 0 Å². The normalized spacial score (nSPS) is 28.6. The molecular weight excluding hydrogens is 253 g/mol. The number of rotatable bonds is 2. The molecule has 0 aliphatic carbocycles. The molecule has 3 rings (SSSR count). The van der Waals surface area contributed by atoms with Gasteiger partial charge in [-0.3, -0.25) is 4.90 Å². The largest absolute Gasteiger partial charge is 0.293 e. The molecule has 1 aromatic rings. The van der Waals surface area contributed by atoms with Crippen LogP contribution in [0.25, 0.3) is 0 Å². The maximum absolute atomic E-state index is 6.07. The number of hydrogen-bond donors (Lipinski definition) is 0. The van der Waals surface area contributed by atoms with E-state index in [0.717, 1.165) is 18.6 Å². The van der Waals surface area contributed by atoms with Crippen LogP contribution in [-0.2, 0) is 6.54 Å². The lowest BCUT2D eigenvalue weighted by Gasteiger charge is -2.34. The van der Waals surface area contributed by atoms with E-state index < -0.39 is 0 Å². The van der Waals surface area contributed by atoms with Crippen molar-refractivity contribution in [2.75, 3.05) is 0 Å². The van der Waals surface area contributed by atoms with Crippen molar-refractivity contribution in [2.45, 2.75) is 50.7 Å². The Morgan fingerprint density at radius 2 is 1.71 bits per heavy atom. The SMILES string of the molecule is Clc1ccc(CN2[C@@H]3CCC[C@H]2CC3)cc1Cl. The molecule has 2 atom stereocenters. The van der Waals surface area contributed by atoms with Crippen LogP contribution in [0, 0.1) is 0 Å². The Morgan fingerprint density at radius 1 is 1.00 bits per heavy atom. The predicted molar refractivity (Wildman–Crippen MR) is 72.7 cm³/mol. The molecule has 0 N–H and O–H groups in total. The Bertz CT molecular complexity index is 403. The van der Waals surface area contributed by atoms with Gasteiger partial charge in [0.25, 0.3) is 0 Å². The summed E-state index contributed by atoms with van der Waals surface area (Å²) in [6.45, 7) is 1.03. The van der Waals surface area contributed by atoms with Gasteiger partial charge in [-0.1, -0.05) is 35.7 Å². The summed E-state index contributed by atoms with van der Waals surface area (Å²) in [7, 11) is 0. The van der Waals surface area contributed by atoms with Crippen LogP contribution >= 0.6 is 23.2 Å². The first-order valence-corrected chi connectivity index (χ1v) is 7.19. The van der Waals surface area contributed by atoms with Gasteiger partial charge < -0.3 is 0 Å². The van der Waals surface area contributed by atoms with Gasteiger partial charge in [-0.25, -0.2) is 0 Å². The molecule has 2 aliphatic heterocycles. The molecule has 2 bridgehead atoms. The summed E-state index contributed by atoms with van der Waals surface area (Å²) >= 11 is 12.0. The summed E-state index contributed by atoms with van der Waals surface area (Å²) in [5.41, 5.74) is 1.29. The smallest absolute Gasteiger partial charge is 0.0595 e. The first-order valence-electron chi connectivity index (χ1n) is 6.44. The minimum atomic E-state index is 0.650. The van der Waals surface area contributed by atoms with Crippen molar-refractivity contribution in [3.63, 3.8) is 0 Å². The second-order valence-electron chi connectivity index (χ2n) is 5.24. The molecule has 2 saturated heterocycles. The summed E-state index contributed by atoms with van der Waals surface area (Å²) in [4.78, 5) is 2.67. The maximum atomic E-state index is 6.07. The molecule has 0 aromatic heterocycles. The lowest BCUT2D eigenvalue weighted by atomic mass is 10.0. The quantitative estimate of drug-likeness (QED) is 0.764. The molecule has 1 aromatic carbocycles. The number of nitrogens with zero attached hydrogens (tertiary/aromatic N) is 1. The monoisotopic (exact) mass is 269 g/mol. The van der Waals surface area contributed by atoms with Crippen LogP contribution in [0.15, 0.2) is 18.2 Å². The minimum Gasteiger partial charge on any atom is -0.293 e. The van der Waals surface area contributed by atoms with Crippen molar-refractivity contribution in [3.05, 3.63) is 33.8 Å². The molecule has 0 unspecified atom stereocenters. The molecule has 0 saturated carbocycles. The van der Waals surface area contributed by atoms with Gasteiger partial charge in [0, 0.05) is 18.6 Å². The summed E-state index contributed by atoms with van der Waals surface area (Å²) in [5.74, 6) is 0. The van der Waals surface area contributed by atoms with E-state index in [2.05, 4.69) is 11.0 Å². The van der Waals surface area contributed by atoms with Crippen LogP contribution < -0.4 is 0 Å². The topological polar surface area (TPSA) is 3.24 Å². The Hall–Kier alpha value is -0.240. The van der Waals surface area contributed by atoms with E-state index in [-0.39, 0.29) is 0 Å². The second-order valence-corrected chi connectivity index (χ2v) is 6.05. The highest BCUT2D eigenvalue weighted by molar-refractivity contribution is 6.42. The Morgan fingerprint density at radius 3 is 2.35 bits per heavy atom. The highest BCUT2D eigenvalue weighted by Crippen LogP contribution is 2.37. The van der Waals surface area contributed by atoms with Crippen LogP contribution in [0.4, 0.5) is 0 Å². The minimum absolute atomic E-state index is 0.650. The fourth-order valence-corrected chi connectivity index (χ4v) is 3.65. The van der Waals surface area contributed by atoms with Gasteiger partial charge in [0.1, 0.15) is 0 Å². The number of halogens is 2. The first kappa shape index (κ1) is 11.8. The lowest BCUT2D eigenvalue weighted by molar-refractivity contribution is 0.132. The molecule has 2 fully saturated rings. The zero-order chi connectivity index (χ0) is 11.8. The summed E-state index contributed by atoms with van der Waals surface area (Å²) < 4.78 is 0. The number of fused-ring (bicyclic) bond motifs is 2. The predicted octanol–water partition coefficient (Wildman–Crippen LogP) is 4.51. The van der Waals surface area contributed by atoms with Gasteiger partial charge in [-0.2, -0.15) is 0 Å². The second kappa shape index (κ2) is 4.79. The van der Waals surface area contributed by atoms with E-state index in [1.165, 1.54) is 37.7 Å². The van der Waals surface area contributed by atoms with E-state index >= 15 is 0 Å². The number of piperidine rings is 1. The standard InChI is InChI=1S/C14H17Cl2N/c15-13-7-4-10(8-14(13)16)9-17-11-2-1-3-12(17)6-5-11/h4,7-8,11-12H,1-3,5-6,9H2/t11-,12+. The molecule has 1 nitrogen and oxygen atoms in total. The summed E-state index contributed by atoms with van der Waals surface area (Å²) in [6.07, 6.45) is 6.92. The van der Waals surface area contributed by atoms with Crippen molar-refractivity contribution < 1.29 is 0 Å². The zero-order valence-electron chi connectivity index (χ0n) is 9.83. The maximum Gasteiger partial charge on any atom is 0.0595 e. The van der Waals surface area contributed by atoms with Crippen molar-refractivity contribution in [1.82, 2.24) is 4.90 Å². The van der Waals surface area contributed by atoms with Crippen LogP contribution in [0.3, 0.4) is 0 Å². The fraction of sp³-hybridized carbons (Fsp3) is 0.571. The van der Waals surface area contributed by atoms with Gasteiger partial charge in [-0.15, -0.1) is 0 Å². The van der Waals surface area contributed by atoms with Crippen molar-refractivity contribution in [1.29, 1.82) is 0 Å². The van der Waals surface area contributed by atoms with Crippen LogP contribution in [0.5, 0.6) is 0 Å². The van der Waals surface area contributed by atoms with Gasteiger partial charge in [0.2, 0.25) is 0 Å². The van der Waals surface area contributed by atoms with E-state index in [1.807, 2.05) is 12.1 Å². The molecule has 0 spiro atoms. The Kier molecular flexibility index (Phi) is 3.34. The van der Waals surface area contributed by atoms with Crippen LogP contribution in [-0.4, -0.2) is 17.0 Å². The van der Waals surface area contributed by atoms with E-state index in [4.69, 9.17) is 23.2 Å². The third-order valence-corrected chi connectivity index (χ3v) is 4.93. The van der Waals surface area contributed by atoms with Gasteiger partial charge in [-0.05, 0) is 43.4 Å². The Labute approximate surface area is 113 Å². The molecule has 0 amide bonds. The van der Waals surface area contributed by atoms with Crippen LogP contribution in [0.1, 0.15) is 37.7 Å². The number of hydrogen-bond acceptors (Lipinski definition) is 1. The van der Waals surface area contributed by atoms with E-state index in [9.17, 15) is 0 Å². The average Bonchev–Trinajstić information content (AvgIpc) is 2.56. The summed E-state index contributed by atoms with van der Waals surface area (Å²) in [5, 5.41) is 1.32. The molecule has 2 heterocycles. The molecule has 17 heavy (non-hydrogen) atoms. The molecule has 2 aliphatic rings. The molecular formula is C14H17Cl2N. The van der Waals surface area contributed by atoms with E-state index in [0.29, 0.717) is 10.0 Å². The third-order valence-electron chi connectivity index (χ3n) is 4.20. The fourth-order valence-electron chi connectivity index (χ4n) is 3.33. The van der Waals surface area contributed by atoms with Gasteiger partial charge >= 0.3 is 0 Å². The van der Waals surface area contributed by atoms with Crippen LogP contribution in [0.2, 0.25) is 10.0 Å². The Balaban J connectivity index is 1.76. The summed E-state index contributed by atoms with van der Waals surface area (Å²) in [6, 6.07) is 7.64. The zero-order valence-corrected chi connectivity index (χ0v) is 11.3.